The van der Waals surface area contributed by atoms with Crippen LogP contribution in [0.4, 0.5) is 0 Å². The van der Waals surface area contributed by atoms with Crippen molar-refractivity contribution >= 4 is 52.5 Å². The van der Waals surface area contributed by atoms with Gasteiger partial charge >= 0.3 is 0 Å². The van der Waals surface area contributed by atoms with E-state index in [9.17, 15) is 4.79 Å². The average molecular weight is 290 g/mol. The molecule has 0 saturated heterocycles. The van der Waals surface area contributed by atoms with E-state index in [-0.39, 0.29) is 5.11 Å². The number of carbonyl (C=O) groups excluding carboxylic acids is 1. The Kier molecular flexibility index (Phi) is 5.21. The molecule has 4 nitrogen and oxygen atoms in total. The van der Waals surface area contributed by atoms with Gasteiger partial charge in [-0.15, -0.1) is 0 Å². The second kappa shape index (κ2) is 6.44. The summed E-state index contributed by atoms with van der Waals surface area (Å²) in [7, 11) is 0. The monoisotopic (exact) mass is 289 g/mol. The number of thiocarbonyl (C=S) groups is 1. The number of hydrogen-bond donors (Lipinski definition) is 3. The molecule has 0 spiro atoms. The molecule has 0 saturated carbocycles. The third-order valence-electron chi connectivity index (χ3n) is 1.69. The molecule has 0 aromatic heterocycles. The minimum Gasteiger partial charge on any atom is -0.375 e. The lowest BCUT2D eigenvalue weighted by molar-refractivity contribution is -0.116. The summed E-state index contributed by atoms with van der Waals surface area (Å²) in [5.41, 5.74) is 10.4. The molecule has 0 atom stereocenters. The van der Waals surface area contributed by atoms with E-state index >= 15 is 0 Å². The van der Waals surface area contributed by atoms with Crippen LogP contribution in [0.3, 0.4) is 0 Å². The zero-order valence-corrected chi connectivity index (χ0v) is 10.9. The highest BCUT2D eigenvalue weighted by atomic mass is 35.5. The van der Waals surface area contributed by atoms with Crippen LogP contribution in [0.25, 0.3) is 6.08 Å². The van der Waals surface area contributed by atoms with Crippen LogP contribution in [0.1, 0.15) is 5.56 Å². The fourth-order valence-electron chi connectivity index (χ4n) is 0.967. The van der Waals surface area contributed by atoms with Gasteiger partial charge in [-0.3, -0.25) is 15.6 Å². The third-order valence-corrected chi connectivity index (χ3v) is 2.35. The van der Waals surface area contributed by atoms with Crippen LogP contribution in [0.2, 0.25) is 10.0 Å². The van der Waals surface area contributed by atoms with Crippen molar-refractivity contribution in [2.45, 2.75) is 0 Å². The Morgan fingerprint density at radius 1 is 1.35 bits per heavy atom. The second-order valence-corrected chi connectivity index (χ2v) is 4.26. The zero-order valence-electron chi connectivity index (χ0n) is 8.54. The highest BCUT2D eigenvalue weighted by Gasteiger charge is 1.99. The summed E-state index contributed by atoms with van der Waals surface area (Å²) in [6.45, 7) is 0. The maximum absolute atomic E-state index is 11.3. The van der Waals surface area contributed by atoms with E-state index in [1.807, 2.05) is 0 Å². The lowest BCUT2D eigenvalue weighted by atomic mass is 10.2. The molecule has 1 aromatic rings. The molecule has 1 aromatic carbocycles. The molecular formula is C10H9Cl2N3OS. The van der Waals surface area contributed by atoms with Gasteiger partial charge in [-0.2, -0.15) is 0 Å². The van der Waals surface area contributed by atoms with E-state index < -0.39 is 5.91 Å². The first-order valence-electron chi connectivity index (χ1n) is 4.47. The Bertz CT molecular complexity index is 477. The first-order chi connectivity index (χ1) is 7.99. The molecule has 0 radical (unpaired) electrons. The van der Waals surface area contributed by atoms with Crippen LogP contribution in [0.15, 0.2) is 24.3 Å². The number of hydrogen-bond acceptors (Lipinski definition) is 2. The van der Waals surface area contributed by atoms with Crippen molar-refractivity contribution < 1.29 is 4.79 Å². The van der Waals surface area contributed by atoms with Gasteiger partial charge in [-0.05, 0) is 36.0 Å². The van der Waals surface area contributed by atoms with Gasteiger partial charge < -0.3 is 5.73 Å². The molecule has 0 aliphatic carbocycles. The number of hydrazine groups is 1. The van der Waals surface area contributed by atoms with Gasteiger partial charge in [0, 0.05) is 16.1 Å². The first-order valence-corrected chi connectivity index (χ1v) is 5.64. The molecule has 0 fully saturated rings. The van der Waals surface area contributed by atoms with Gasteiger partial charge in [0.15, 0.2) is 5.11 Å². The average Bonchev–Trinajstić information content (AvgIpc) is 2.25. The molecule has 90 valence electrons. The van der Waals surface area contributed by atoms with Crippen molar-refractivity contribution in [2.24, 2.45) is 5.73 Å². The standard InChI is InChI=1S/C10H9Cl2N3OS/c11-7-3-1-6(8(12)5-7)2-4-9(16)14-15-10(13)17/h1-5H,(H,14,16)(H3,13,15,17)/b4-2+. The van der Waals surface area contributed by atoms with Gasteiger partial charge in [-0.25, -0.2) is 0 Å². The summed E-state index contributed by atoms with van der Waals surface area (Å²) in [4.78, 5) is 11.3. The fourth-order valence-corrected chi connectivity index (χ4v) is 1.49. The number of halogens is 2. The molecule has 4 N–H and O–H groups in total. The van der Waals surface area contributed by atoms with Crippen LogP contribution in [0, 0.1) is 0 Å². The van der Waals surface area contributed by atoms with E-state index in [2.05, 4.69) is 23.1 Å². The van der Waals surface area contributed by atoms with Crippen molar-refractivity contribution in [3.8, 4) is 0 Å². The van der Waals surface area contributed by atoms with E-state index in [4.69, 9.17) is 28.9 Å². The lowest BCUT2D eigenvalue weighted by Gasteiger charge is -2.02. The molecule has 0 bridgehead atoms. The fraction of sp³-hybridized carbons (Fsp3) is 0. The van der Waals surface area contributed by atoms with Gasteiger partial charge in [-0.1, -0.05) is 29.3 Å². The SMILES string of the molecule is NC(=S)NNC(=O)/C=C/c1ccc(Cl)cc1Cl. The smallest absolute Gasteiger partial charge is 0.262 e. The van der Waals surface area contributed by atoms with Crippen LogP contribution in [0.5, 0.6) is 0 Å². The lowest BCUT2D eigenvalue weighted by Crippen LogP contribution is -2.43. The van der Waals surface area contributed by atoms with Crippen molar-refractivity contribution in [1.82, 2.24) is 10.9 Å². The molecule has 1 rings (SSSR count). The number of rotatable bonds is 2. The molecular weight excluding hydrogens is 281 g/mol. The Balaban J connectivity index is 2.64. The molecule has 1 amide bonds. The van der Waals surface area contributed by atoms with E-state index in [1.165, 1.54) is 6.08 Å². The van der Waals surface area contributed by atoms with Crippen molar-refractivity contribution in [1.29, 1.82) is 0 Å². The Morgan fingerprint density at radius 3 is 2.65 bits per heavy atom. The minimum absolute atomic E-state index is 0.0173. The number of amides is 1. The Labute approximate surface area is 114 Å². The van der Waals surface area contributed by atoms with Gasteiger partial charge in [0.25, 0.3) is 5.91 Å². The summed E-state index contributed by atoms with van der Waals surface area (Å²) in [5.74, 6) is -0.399. The first kappa shape index (κ1) is 13.8. The molecule has 0 aliphatic heterocycles. The maximum atomic E-state index is 11.3. The number of nitrogens with two attached hydrogens (primary N) is 1. The van der Waals surface area contributed by atoms with Crippen LogP contribution in [-0.4, -0.2) is 11.0 Å². The van der Waals surface area contributed by atoms with Crippen molar-refractivity contribution in [3.63, 3.8) is 0 Å². The van der Waals surface area contributed by atoms with Crippen LogP contribution in [-0.2, 0) is 4.79 Å². The third kappa shape index (κ3) is 5.04. The molecule has 0 aliphatic rings. The van der Waals surface area contributed by atoms with Gasteiger partial charge in [0.05, 0.1) is 0 Å². The summed E-state index contributed by atoms with van der Waals surface area (Å²) >= 11 is 16.2. The summed E-state index contributed by atoms with van der Waals surface area (Å²) in [6.07, 6.45) is 2.84. The van der Waals surface area contributed by atoms with Crippen molar-refractivity contribution in [2.75, 3.05) is 0 Å². The molecule has 0 heterocycles. The minimum atomic E-state index is -0.399. The predicted octanol–water partition coefficient (Wildman–Crippen LogP) is 1.87. The zero-order chi connectivity index (χ0) is 12.8. The van der Waals surface area contributed by atoms with E-state index in [0.29, 0.717) is 15.6 Å². The molecule has 0 unspecified atom stereocenters. The Morgan fingerprint density at radius 2 is 2.06 bits per heavy atom. The predicted molar refractivity (Wildman–Crippen MR) is 73.6 cm³/mol. The summed E-state index contributed by atoms with van der Waals surface area (Å²) in [5, 5.41) is 0.979. The van der Waals surface area contributed by atoms with Gasteiger partial charge in [0.2, 0.25) is 0 Å². The summed E-state index contributed by atoms with van der Waals surface area (Å²) < 4.78 is 0. The summed E-state index contributed by atoms with van der Waals surface area (Å²) in [6, 6.07) is 4.97. The van der Waals surface area contributed by atoms with E-state index in [0.717, 1.165) is 0 Å². The van der Waals surface area contributed by atoms with Crippen LogP contribution < -0.4 is 16.6 Å². The normalized spacial score (nSPS) is 10.2. The van der Waals surface area contributed by atoms with E-state index in [1.54, 1.807) is 24.3 Å². The quantitative estimate of drug-likeness (QED) is 0.442. The topological polar surface area (TPSA) is 67.2 Å². The maximum Gasteiger partial charge on any atom is 0.262 e. The largest absolute Gasteiger partial charge is 0.375 e. The van der Waals surface area contributed by atoms with Gasteiger partial charge in [0.1, 0.15) is 0 Å². The molecule has 17 heavy (non-hydrogen) atoms. The number of nitrogens with one attached hydrogen (secondary N) is 2. The van der Waals surface area contributed by atoms with Crippen LogP contribution >= 0.6 is 35.4 Å². The number of carbonyl (C=O) groups is 1. The molecule has 7 heteroatoms. The highest BCUT2D eigenvalue weighted by molar-refractivity contribution is 7.80. The highest BCUT2D eigenvalue weighted by Crippen LogP contribution is 2.21. The number of benzene rings is 1. The second-order valence-electron chi connectivity index (χ2n) is 2.98. The Hall–Kier alpha value is -1.30. The van der Waals surface area contributed by atoms with Crippen molar-refractivity contribution in [3.05, 3.63) is 39.9 Å².